The molecule has 0 amide bonds. The number of anilines is 2. The molecule has 0 unspecified atom stereocenters. The maximum absolute atomic E-state index is 12.3. The number of aryl methyl sites for hydroxylation is 1. The van der Waals surface area contributed by atoms with Gasteiger partial charge in [-0.25, -0.2) is 9.97 Å². The number of rotatable bonds is 5. The molecule has 0 saturated heterocycles. The normalized spacial score (nSPS) is 10.8. The van der Waals surface area contributed by atoms with E-state index in [1.165, 1.54) is 6.33 Å². The Morgan fingerprint density at radius 1 is 1.14 bits per heavy atom. The van der Waals surface area contributed by atoms with E-state index in [1.54, 1.807) is 6.20 Å². The van der Waals surface area contributed by atoms with Crippen LogP contribution in [0, 0.1) is 0 Å². The number of hydrogen-bond donors (Lipinski definition) is 1. The minimum Gasteiger partial charge on any atom is -0.340 e. The largest absolute Gasteiger partial charge is 0.340 e. The molecule has 2 aromatic heterocycles. The second-order valence-corrected chi connectivity index (χ2v) is 5.76. The third kappa shape index (κ3) is 3.39. The lowest BCUT2D eigenvalue weighted by Crippen LogP contribution is -1.98. The molecule has 0 aliphatic rings. The van der Waals surface area contributed by atoms with Crippen molar-refractivity contribution in [2.75, 3.05) is 12.0 Å². The van der Waals surface area contributed by atoms with Gasteiger partial charge in [0.15, 0.2) is 0 Å². The first-order chi connectivity index (χ1) is 10.8. The monoisotopic (exact) mass is 360 g/mol. The summed E-state index contributed by atoms with van der Waals surface area (Å²) in [4.78, 5) is 12.9. The SMILES string of the molecule is FCCCc1cc2c(Nc3cccc(Br)c3)ncnc2cn1. The smallest absolute Gasteiger partial charge is 0.141 e. The summed E-state index contributed by atoms with van der Waals surface area (Å²) < 4.78 is 13.3. The topological polar surface area (TPSA) is 50.7 Å². The Bertz CT molecular complexity index is 794. The number of aromatic nitrogens is 3. The van der Waals surface area contributed by atoms with Crippen molar-refractivity contribution >= 4 is 38.3 Å². The Hall–Kier alpha value is -2.08. The molecule has 0 saturated carbocycles. The molecule has 22 heavy (non-hydrogen) atoms. The fourth-order valence-corrected chi connectivity index (χ4v) is 2.59. The number of nitrogens with one attached hydrogen (secondary N) is 1. The van der Waals surface area contributed by atoms with Gasteiger partial charge in [-0.1, -0.05) is 22.0 Å². The Morgan fingerprint density at radius 2 is 2.05 bits per heavy atom. The molecule has 6 heteroatoms. The molecule has 1 N–H and O–H groups in total. The number of halogens is 2. The third-order valence-electron chi connectivity index (χ3n) is 3.23. The van der Waals surface area contributed by atoms with E-state index in [0.29, 0.717) is 18.7 Å². The van der Waals surface area contributed by atoms with Crippen LogP contribution in [0.2, 0.25) is 0 Å². The number of nitrogens with zero attached hydrogens (tertiary/aromatic N) is 3. The fraction of sp³-hybridized carbons (Fsp3) is 0.188. The molecular weight excluding hydrogens is 347 g/mol. The van der Waals surface area contributed by atoms with E-state index in [1.807, 2.05) is 30.3 Å². The zero-order chi connectivity index (χ0) is 15.4. The standard InChI is InChI=1S/C16H14BrFN4/c17-11-3-1-4-13(7-11)22-16-14-8-12(5-2-6-18)19-9-15(14)20-10-21-16/h1,3-4,7-10H,2,5-6H2,(H,20,21,22). The van der Waals surface area contributed by atoms with Crippen molar-refractivity contribution in [1.29, 1.82) is 0 Å². The molecule has 0 bridgehead atoms. The molecule has 0 atom stereocenters. The third-order valence-corrected chi connectivity index (χ3v) is 3.73. The van der Waals surface area contributed by atoms with Crippen molar-refractivity contribution in [1.82, 2.24) is 15.0 Å². The Morgan fingerprint density at radius 3 is 2.86 bits per heavy atom. The summed E-state index contributed by atoms with van der Waals surface area (Å²) in [6.07, 6.45) is 4.29. The zero-order valence-corrected chi connectivity index (χ0v) is 13.3. The van der Waals surface area contributed by atoms with Gasteiger partial charge in [0.05, 0.1) is 18.4 Å². The first-order valence-electron chi connectivity index (χ1n) is 6.94. The maximum atomic E-state index is 12.3. The molecule has 3 rings (SSSR count). The predicted molar refractivity (Wildman–Crippen MR) is 89.1 cm³/mol. The number of pyridine rings is 1. The highest BCUT2D eigenvalue weighted by molar-refractivity contribution is 9.10. The van der Waals surface area contributed by atoms with E-state index in [-0.39, 0.29) is 6.67 Å². The Kier molecular flexibility index (Phi) is 4.58. The van der Waals surface area contributed by atoms with Crippen molar-refractivity contribution in [3.8, 4) is 0 Å². The van der Waals surface area contributed by atoms with E-state index in [9.17, 15) is 4.39 Å². The van der Waals surface area contributed by atoms with Gasteiger partial charge in [-0.3, -0.25) is 9.37 Å². The van der Waals surface area contributed by atoms with Crippen molar-refractivity contribution < 1.29 is 4.39 Å². The number of alkyl halides is 1. The molecule has 4 nitrogen and oxygen atoms in total. The van der Waals surface area contributed by atoms with Gasteiger partial charge in [0.25, 0.3) is 0 Å². The van der Waals surface area contributed by atoms with Crippen LogP contribution in [0.25, 0.3) is 10.9 Å². The number of fused-ring (bicyclic) bond motifs is 1. The molecule has 112 valence electrons. The lowest BCUT2D eigenvalue weighted by molar-refractivity contribution is 0.471. The summed E-state index contributed by atoms with van der Waals surface area (Å²) >= 11 is 3.45. The highest BCUT2D eigenvalue weighted by Gasteiger charge is 2.06. The molecule has 0 spiro atoms. The summed E-state index contributed by atoms with van der Waals surface area (Å²) in [7, 11) is 0. The van der Waals surface area contributed by atoms with Crippen LogP contribution < -0.4 is 5.32 Å². The number of hydrogen-bond acceptors (Lipinski definition) is 4. The van der Waals surface area contributed by atoms with E-state index in [2.05, 4.69) is 36.2 Å². The molecule has 0 aliphatic carbocycles. The second-order valence-electron chi connectivity index (χ2n) is 4.84. The minimum atomic E-state index is -0.339. The summed E-state index contributed by atoms with van der Waals surface area (Å²) in [6.45, 7) is -0.339. The Labute approximate surface area is 136 Å². The van der Waals surface area contributed by atoms with Crippen LogP contribution in [0.5, 0.6) is 0 Å². The van der Waals surface area contributed by atoms with Crippen molar-refractivity contribution in [2.24, 2.45) is 0 Å². The average Bonchev–Trinajstić information content (AvgIpc) is 2.53. The van der Waals surface area contributed by atoms with Gasteiger partial charge in [0.2, 0.25) is 0 Å². The van der Waals surface area contributed by atoms with Crippen LogP contribution in [0.3, 0.4) is 0 Å². The Balaban J connectivity index is 1.97. The molecule has 0 fully saturated rings. The highest BCUT2D eigenvalue weighted by atomic mass is 79.9. The van der Waals surface area contributed by atoms with Crippen LogP contribution in [0.1, 0.15) is 12.1 Å². The van der Waals surface area contributed by atoms with E-state index >= 15 is 0 Å². The minimum absolute atomic E-state index is 0.339. The molecule has 0 radical (unpaired) electrons. The van der Waals surface area contributed by atoms with Gasteiger partial charge < -0.3 is 5.32 Å². The van der Waals surface area contributed by atoms with Crippen LogP contribution in [-0.4, -0.2) is 21.6 Å². The van der Waals surface area contributed by atoms with Gasteiger partial charge in [0.1, 0.15) is 12.1 Å². The van der Waals surface area contributed by atoms with Gasteiger partial charge in [0, 0.05) is 21.2 Å². The molecular formula is C16H14BrFN4. The first-order valence-corrected chi connectivity index (χ1v) is 7.74. The quantitative estimate of drug-likeness (QED) is 0.730. The van der Waals surface area contributed by atoms with Gasteiger partial charge >= 0.3 is 0 Å². The average molecular weight is 361 g/mol. The van der Waals surface area contributed by atoms with Crippen molar-refractivity contribution in [3.63, 3.8) is 0 Å². The van der Waals surface area contributed by atoms with Crippen LogP contribution in [0.4, 0.5) is 15.9 Å². The summed E-state index contributed by atoms with van der Waals surface area (Å²) in [5.74, 6) is 0.715. The number of benzene rings is 1. The van der Waals surface area contributed by atoms with E-state index < -0.39 is 0 Å². The van der Waals surface area contributed by atoms with Gasteiger partial charge in [-0.2, -0.15) is 0 Å². The summed E-state index contributed by atoms with van der Waals surface area (Å²) in [5, 5.41) is 4.17. The van der Waals surface area contributed by atoms with E-state index in [0.717, 1.165) is 26.8 Å². The molecule has 0 aliphatic heterocycles. The molecule has 3 aromatic rings. The predicted octanol–water partition coefficient (Wildman–Crippen LogP) is 4.43. The summed E-state index contributed by atoms with van der Waals surface area (Å²) in [6, 6.07) is 9.76. The molecule has 2 heterocycles. The fourth-order valence-electron chi connectivity index (χ4n) is 2.19. The van der Waals surface area contributed by atoms with Crippen molar-refractivity contribution in [3.05, 3.63) is 53.0 Å². The second kappa shape index (κ2) is 6.79. The van der Waals surface area contributed by atoms with Crippen LogP contribution in [0.15, 0.2) is 47.3 Å². The lowest BCUT2D eigenvalue weighted by atomic mass is 10.2. The summed E-state index contributed by atoms with van der Waals surface area (Å²) in [5.41, 5.74) is 2.53. The van der Waals surface area contributed by atoms with Gasteiger partial charge in [-0.05, 0) is 37.1 Å². The highest BCUT2D eigenvalue weighted by Crippen LogP contribution is 2.25. The lowest BCUT2D eigenvalue weighted by Gasteiger charge is -2.09. The molecule has 1 aromatic carbocycles. The first kappa shape index (κ1) is 14.8. The van der Waals surface area contributed by atoms with Gasteiger partial charge in [-0.15, -0.1) is 0 Å². The van der Waals surface area contributed by atoms with Crippen LogP contribution >= 0.6 is 15.9 Å². The van der Waals surface area contributed by atoms with E-state index in [4.69, 9.17) is 0 Å². The van der Waals surface area contributed by atoms with Crippen molar-refractivity contribution in [2.45, 2.75) is 12.8 Å². The van der Waals surface area contributed by atoms with Crippen LogP contribution in [-0.2, 0) is 6.42 Å². The maximum Gasteiger partial charge on any atom is 0.141 e. The zero-order valence-electron chi connectivity index (χ0n) is 11.8.